The van der Waals surface area contributed by atoms with E-state index in [2.05, 4.69) is 22.9 Å². The zero-order valence-electron chi connectivity index (χ0n) is 8.39. The van der Waals surface area contributed by atoms with E-state index in [1.807, 2.05) is 18.2 Å². The molecule has 1 aromatic heterocycles. The number of hydrogen-bond acceptors (Lipinski definition) is 3. The summed E-state index contributed by atoms with van der Waals surface area (Å²) in [6.07, 6.45) is 0. The van der Waals surface area contributed by atoms with Gasteiger partial charge in [-0.1, -0.05) is 24.3 Å². The Kier molecular flexibility index (Phi) is 3.16. The molecule has 0 aliphatic heterocycles. The summed E-state index contributed by atoms with van der Waals surface area (Å²) in [6.45, 7) is 0.473. The van der Waals surface area contributed by atoms with Crippen molar-refractivity contribution in [3.05, 3.63) is 46.7 Å². The zero-order chi connectivity index (χ0) is 10.7. The molecule has 1 aromatic carbocycles. The van der Waals surface area contributed by atoms with Crippen molar-refractivity contribution in [1.82, 2.24) is 0 Å². The summed E-state index contributed by atoms with van der Waals surface area (Å²) in [7, 11) is 0. The molecule has 0 aliphatic carbocycles. The Morgan fingerprint density at radius 1 is 1.20 bits per heavy atom. The molecule has 0 unspecified atom stereocenters. The normalized spacial score (nSPS) is 12.7. The molecule has 78 valence electrons. The second-order valence-corrected chi connectivity index (χ2v) is 4.22. The van der Waals surface area contributed by atoms with Gasteiger partial charge in [0.25, 0.3) is 0 Å². The van der Waals surface area contributed by atoms with Crippen LogP contribution in [0.1, 0.15) is 11.6 Å². The van der Waals surface area contributed by atoms with Crippen LogP contribution in [0.15, 0.2) is 41.1 Å². The maximum atomic E-state index is 5.98. The molecule has 2 aromatic rings. The molecule has 2 rings (SSSR count). The molecule has 0 aliphatic rings. The average molecular weight is 218 g/mol. The summed E-state index contributed by atoms with van der Waals surface area (Å²) in [4.78, 5) is 0. The Bertz CT molecular complexity index is 423. The van der Waals surface area contributed by atoms with E-state index in [9.17, 15) is 0 Å². The standard InChI is InChI=1S/C12H14N2S/c13-7-12(14)11-4-2-1-3-10(11)9-5-6-15-8-9/h1-6,8,12H,7,13-14H2/t12-/m0/s1. The molecule has 3 heteroatoms. The lowest BCUT2D eigenvalue weighted by molar-refractivity contribution is 0.739. The smallest absolute Gasteiger partial charge is 0.0425 e. The maximum absolute atomic E-state index is 5.98. The molecule has 1 atom stereocenters. The van der Waals surface area contributed by atoms with E-state index in [1.54, 1.807) is 11.3 Å². The summed E-state index contributed by atoms with van der Waals surface area (Å²) in [6, 6.07) is 10.2. The molecular formula is C12H14N2S. The first kappa shape index (κ1) is 10.4. The highest BCUT2D eigenvalue weighted by Gasteiger charge is 2.10. The van der Waals surface area contributed by atoms with Gasteiger partial charge in [-0.05, 0) is 33.5 Å². The second-order valence-electron chi connectivity index (χ2n) is 3.44. The van der Waals surface area contributed by atoms with Crippen LogP contribution in [-0.2, 0) is 0 Å². The Balaban J connectivity index is 2.47. The molecule has 1 heterocycles. The third kappa shape index (κ3) is 2.09. The van der Waals surface area contributed by atoms with Crippen molar-refractivity contribution in [2.75, 3.05) is 6.54 Å². The molecule has 4 N–H and O–H groups in total. The number of thiophene rings is 1. The fourth-order valence-electron chi connectivity index (χ4n) is 1.63. The maximum Gasteiger partial charge on any atom is 0.0425 e. The summed E-state index contributed by atoms with van der Waals surface area (Å²) in [5, 5.41) is 4.20. The first-order valence-electron chi connectivity index (χ1n) is 4.90. The van der Waals surface area contributed by atoms with Crippen LogP contribution >= 0.6 is 11.3 Å². The van der Waals surface area contributed by atoms with Gasteiger partial charge >= 0.3 is 0 Å². The highest BCUT2D eigenvalue weighted by Crippen LogP contribution is 2.28. The first-order chi connectivity index (χ1) is 7.33. The van der Waals surface area contributed by atoms with E-state index in [1.165, 1.54) is 11.1 Å². The van der Waals surface area contributed by atoms with Crippen LogP contribution in [0.2, 0.25) is 0 Å². The molecule has 0 radical (unpaired) electrons. The van der Waals surface area contributed by atoms with E-state index in [0.29, 0.717) is 6.54 Å². The summed E-state index contributed by atoms with van der Waals surface area (Å²) < 4.78 is 0. The molecule has 0 saturated heterocycles. The third-order valence-corrected chi connectivity index (χ3v) is 3.13. The first-order valence-corrected chi connectivity index (χ1v) is 5.84. The molecule has 0 spiro atoms. The van der Waals surface area contributed by atoms with Gasteiger partial charge in [0.2, 0.25) is 0 Å². The Morgan fingerprint density at radius 3 is 2.67 bits per heavy atom. The lowest BCUT2D eigenvalue weighted by Crippen LogP contribution is -2.21. The molecule has 0 bridgehead atoms. The Morgan fingerprint density at radius 2 is 2.00 bits per heavy atom. The summed E-state index contributed by atoms with van der Waals surface area (Å²) in [5.74, 6) is 0. The predicted octanol–water partition coefficient (Wildman–Crippen LogP) is 2.37. The second kappa shape index (κ2) is 4.57. The highest BCUT2D eigenvalue weighted by atomic mass is 32.1. The van der Waals surface area contributed by atoms with Gasteiger partial charge in [-0.2, -0.15) is 11.3 Å². The lowest BCUT2D eigenvalue weighted by atomic mass is 9.97. The average Bonchev–Trinajstić information content (AvgIpc) is 2.81. The minimum atomic E-state index is -0.0823. The van der Waals surface area contributed by atoms with Crippen molar-refractivity contribution in [1.29, 1.82) is 0 Å². The van der Waals surface area contributed by atoms with Crippen molar-refractivity contribution >= 4 is 11.3 Å². The number of hydrogen-bond donors (Lipinski definition) is 2. The quantitative estimate of drug-likeness (QED) is 0.831. The van der Waals surface area contributed by atoms with Gasteiger partial charge < -0.3 is 11.5 Å². The minimum Gasteiger partial charge on any atom is -0.329 e. The summed E-state index contributed by atoms with van der Waals surface area (Å²) >= 11 is 1.69. The van der Waals surface area contributed by atoms with Crippen LogP contribution in [-0.4, -0.2) is 6.54 Å². The van der Waals surface area contributed by atoms with Gasteiger partial charge in [-0.3, -0.25) is 0 Å². The zero-order valence-corrected chi connectivity index (χ0v) is 9.21. The predicted molar refractivity (Wildman–Crippen MR) is 65.7 cm³/mol. The van der Waals surface area contributed by atoms with Gasteiger partial charge in [-0.25, -0.2) is 0 Å². The van der Waals surface area contributed by atoms with Gasteiger partial charge in [-0.15, -0.1) is 0 Å². The third-order valence-electron chi connectivity index (χ3n) is 2.45. The monoisotopic (exact) mass is 218 g/mol. The molecule has 15 heavy (non-hydrogen) atoms. The van der Waals surface area contributed by atoms with Crippen LogP contribution in [0.4, 0.5) is 0 Å². The van der Waals surface area contributed by atoms with Crippen LogP contribution in [0.3, 0.4) is 0 Å². The number of rotatable bonds is 3. The van der Waals surface area contributed by atoms with Crippen molar-refractivity contribution in [2.45, 2.75) is 6.04 Å². The largest absolute Gasteiger partial charge is 0.329 e. The van der Waals surface area contributed by atoms with Gasteiger partial charge in [0.15, 0.2) is 0 Å². The van der Waals surface area contributed by atoms with Crippen molar-refractivity contribution in [3.63, 3.8) is 0 Å². The minimum absolute atomic E-state index is 0.0823. The Labute approximate surface area is 93.5 Å². The fourth-order valence-corrected chi connectivity index (χ4v) is 2.28. The molecule has 2 nitrogen and oxygen atoms in total. The van der Waals surface area contributed by atoms with E-state index in [4.69, 9.17) is 11.5 Å². The molecule has 0 saturated carbocycles. The van der Waals surface area contributed by atoms with E-state index < -0.39 is 0 Å². The van der Waals surface area contributed by atoms with Crippen molar-refractivity contribution in [3.8, 4) is 11.1 Å². The SMILES string of the molecule is NC[C@H](N)c1ccccc1-c1ccsc1. The van der Waals surface area contributed by atoms with Crippen LogP contribution in [0.25, 0.3) is 11.1 Å². The van der Waals surface area contributed by atoms with Gasteiger partial charge in [0.05, 0.1) is 0 Å². The lowest BCUT2D eigenvalue weighted by Gasteiger charge is -2.13. The van der Waals surface area contributed by atoms with Crippen LogP contribution in [0, 0.1) is 0 Å². The summed E-state index contributed by atoms with van der Waals surface area (Å²) in [5.41, 5.74) is 15.1. The molecule has 0 fully saturated rings. The van der Waals surface area contributed by atoms with Crippen molar-refractivity contribution < 1.29 is 0 Å². The van der Waals surface area contributed by atoms with Gasteiger partial charge in [0, 0.05) is 12.6 Å². The van der Waals surface area contributed by atoms with Gasteiger partial charge in [0.1, 0.15) is 0 Å². The number of benzene rings is 1. The van der Waals surface area contributed by atoms with Crippen molar-refractivity contribution in [2.24, 2.45) is 11.5 Å². The van der Waals surface area contributed by atoms with E-state index in [0.717, 1.165) is 5.56 Å². The highest BCUT2D eigenvalue weighted by molar-refractivity contribution is 7.08. The van der Waals surface area contributed by atoms with E-state index >= 15 is 0 Å². The topological polar surface area (TPSA) is 52.0 Å². The Hall–Kier alpha value is -1.16. The van der Waals surface area contributed by atoms with E-state index in [-0.39, 0.29) is 6.04 Å². The number of nitrogens with two attached hydrogens (primary N) is 2. The van der Waals surface area contributed by atoms with Crippen LogP contribution < -0.4 is 11.5 Å². The van der Waals surface area contributed by atoms with Crippen LogP contribution in [0.5, 0.6) is 0 Å². The molecular weight excluding hydrogens is 204 g/mol. The molecule has 0 amide bonds. The fraction of sp³-hybridized carbons (Fsp3) is 0.167.